The van der Waals surface area contributed by atoms with E-state index < -0.39 is 20.5 Å². The second kappa shape index (κ2) is 7.36. The standard InChI is InChI=1S/C13H19N3O4S.ClH/c14-13(8-2-1-3-9-13)10-15-21(19,20)12-6-4-11(5-7-12)16(17)18;/h4-7,15H,1-3,8-10,14H2;1H. The van der Waals surface area contributed by atoms with Gasteiger partial charge in [-0.1, -0.05) is 19.3 Å². The molecule has 1 aliphatic rings. The van der Waals surface area contributed by atoms with E-state index in [1.165, 1.54) is 24.3 Å². The number of nitrogens with one attached hydrogen (secondary N) is 1. The van der Waals surface area contributed by atoms with Crippen molar-refractivity contribution in [1.29, 1.82) is 0 Å². The Labute approximate surface area is 135 Å². The molecule has 2 rings (SSSR count). The Balaban J connectivity index is 0.00000242. The molecule has 0 aliphatic heterocycles. The van der Waals surface area contributed by atoms with E-state index >= 15 is 0 Å². The minimum Gasteiger partial charge on any atom is -0.324 e. The lowest BCUT2D eigenvalue weighted by Gasteiger charge is -2.33. The van der Waals surface area contributed by atoms with Gasteiger partial charge in [0.25, 0.3) is 5.69 Å². The first-order valence-electron chi connectivity index (χ1n) is 6.85. The maximum atomic E-state index is 12.2. The zero-order chi connectivity index (χ0) is 15.5. The maximum absolute atomic E-state index is 12.2. The van der Waals surface area contributed by atoms with E-state index in [1.807, 2.05) is 0 Å². The second-order valence-corrected chi connectivity index (χ2v) is 7.27. The summed E-state index contributed by atoms with van der Waals surface area (Å²) < 4.78 is 26.8. The van der Waals surface area contributed by atoms with Gasteiger partial charge in [0.15, 0.2) is 0 Å². The lowest BCUT2D eigenvalue weighted by atomic mass is 9.83. The Morgan fingerprint density at radius 2 is 1.73 bits per heavy atom. The molecule has 0 spiro atoms. The third-order valence-corrected chi connectivity index (χ3v) is 5.24. The topological polar surface area (TPSA) is 115 Å². The summed E-state index contributed by atoms with van der Waals surface area (Å²) in [7, 11) is -3.69. The molecule has 7 nitrogen and oxygen atoms in total. The van der Waals surface area contributed by atoms with Crippen molar-refractivity contribution in [3.05, 3.63) is 34.4 Å². The minimum atomic E-state index is -3.69. The van der Waals surface area contributed by atoms with Crippen molar-refractivity contribution in [2.75, 3.05) is 6.54 Å². The third kappa shape index (κ3) is 4.64. The second-order valence-electron chi connectivity index (χ2n) is 5.50. The minimum absolute atomic E-state index is 0. The smallest absolute Gasteiger partial charge is 0.269 e. The molecule has 0 amide bonds. The maximum Gasteiger partial charge on any atom is 0.269 e. The van der Waals surface area contributed by atoms with Gasteiger partial charge >= 0.3 is 0 Å². The number of halogens is 1. The highest BCUT2D eigenvalue weighted by molar-refractivity contribution is 7.89. The number of hydrogen-bond donors (Lipinski definition) is 2. The molecule has 22 heavy (non-hydrogen) atoms. The molecular formula is C13H20ClN3O4S. The predicted octanol–water partition coefficient (Wildman–Crippen LogP) is 1.96. The van der Waals surface area contributed by atoms with Crippen LogP contribution in [0.5, 0.6) is 0 Å². The van der Waals surface area contributed by atoms with Gasteiger partial charge in [-0.05, 0) is 25.0 Å². The van der Waals surface area contributed by atoms with Crippen molar-refractivity contribution >= 4 is 28.1 Å². The van der Waals surface area contributed by atoms with Gasteiger partial charge < -0.3 is 5.73 Å². The van der Waals surface area contributed by atoms with E-state index in [0.29, 0.717) is 0 Å². The Hall–Kier alpha value is -1.22. The van der Waals surface area contributed by atoms with Crippen molar-refractivity contribution < 1.29 is 13.3 Å². The van der Waals surface area contributed by atoms with E-state index in [1.54, 1.807) is 0 Å². The van der Waals surface area contributed by atoms with E-state index in [0.717, 1.165) is 32.1 Å². The number of nitrogens with zero attached hydrogens (tertiary/aromatic N) is 1. The molecule has 0 heterocycles. The molecule has 1 aliphatic carbocycles. The number of benzene rings is 1. The fourth-order valence-corrected chi connectivity index (χ4v) is 3.64. The van der Waals surface area contributed by atoms with Crippen LogP contribution in [0.15, 0.2) is 29.2 Å². The lowest BCUT2D eigenvalue weighted by molar-refractivity contribution is -0.384. The zero-order valence-electron chi connectivity index (χ0n) is 12.0. The van der Waals surface area contributed by atoms with Crippen LogP contribution in [0.25, 0.3) is 0 Å². The number of hydrogen-bond acceptors (Lipinski definition) is 5. The van der Waals surface area contributed by atoms with Crippen LogP contribution in [0.4, 0.5) is 5.69 Å². The first kappa shape index (κ1) is 18.8. The first-order valence-corrected chi connectivity index (χ1v) is 8.34. The van der Waals surface area contributed by atoms with E-state index in [-0.39, 0.29) is 29.5 Å². The van der Waals surface area contributed by atoms with Gasteiger partial charge in [-0.25, -0.2) is 13.1 Å². The average molecular weight is 350 g/mol. The van der Waals surface area contributed by atoms with Gasteiger partial charge in [-0.3, -0.25) is 10.1 Å². The van der Waals surface area contributed by atoms with Crippen LogP contribution in [-0.2, 0) is 10.0 Å². The largest absolute Gasteiger partial charge is 0.324 e. The summed E-state index contributed by atoms with van der Waals surface area (Å²) in [5, 5.41) is 10.6. The van der Waals surface area contributed by atoms with Crippen LogP contribution in [0.1, 0.15) is 32.1 Å². The summed E-state index contributed by atoms with van der Waals surface area (Å²) >= 11 is 0. The average Bonchev–Trinajstić information content (AvgIpc) is 2.46. The summed E-state index contributed by atoms with van der Waals surface area (Å²) in [6.07, 6.45) is 4.76. The normalized spacial score (nSPS) is 17.5. The van der Waals surface area contributed by atoms with Crippen molar-refractivity contribution in [2.24, 2.45) is 5.73 Å². The van der Waals surface area contributed by atoms with Gasteiger partial charge in [0, 0.05) is 24.2 Å². The number of nitrogens with two attached hydrogens (primary N) is 1. The highest BCUT2D eigenvalue weighted by Crippen LogP contribution is 2.25. The summed E-state index contributed by atoms with van der Waals surface area (Å²) in [6, 6.07) is 4.80. The van der Waals surface area contributed by atoms with Crippen LogP contribution in [0.2, 0.25) is 0 Å². The Kier molecular flexibility index (Phi) is 6.30. The molecule has 0 unspecified atom stereocenters. The summed E-state index contributed by atoms with van der Waals surface area (Å²) in [5.41, 5.74) is 5.56. The van der Waals surface area contributed by atoms with Crippen molar-refractivity contribution in [1.82, 2.24) is 4.72 Å². The van der Waals surface area contributed by atoms with Crippen LogP contribution in [0, 0.1) is 10.1 Å². The molecule has 9 heteroatoms. The van der Waals surface area contributed by atoms with Crippen LogP contribution in [0.3, 0.4) is 0 Å². The van der Waals surface area contributed by atoms with Crippen molar-refractivity contribution in [3.63, 3.8) is 0 Å². The first-order chi connectivity index (χ1) is 9.82. The lowest BCUT2D eigenvalue weighted by Crippen LogP contribution is -2.51. The van der Waals surface area contributed by atoms with Crippen molar-refractivity contribution in [2.45, 2.75) is 42.5 Å². The Morgan fingerprint density at radius 3 is 2.23 bits per heavy atom. The molecule has 1 fully saturated rings. The molecule has 0 radical (unpaired) electrons. The quantitative estimate of drug-likeness (QED) is 0.622. The fourth-order valence-electron chi connectivity index (χ4n) is 2.50. The van der Waals surface area contributed by atoms with Gasteiger partial charge in [0.2, 0.25) is 10.0 Å². The van der Waals surface area contributed by atoms with E-state index in [2.05, 4.69) is 4.72 Å². The number of sulfonamides is 1. The van der Waals surface area contributed by atoms with Gasteiger partial charge in [-0.2, -0.15) is 0 Å². The zero-order valence-corrected chi connectivity index (χ0v) is 13.7. The highest BCUT2D eigenvalue weighted by atomic mass is 35.5. The SMILES string of the molecule is Cl.NC1(CNS(=O)(=O)c2ccc([N+](=O)[O-])cc2)CCCCC1. The van der Waals surface area contributed by atoms with Gasteiger partial charge in [0.1, 0.15) is 0 Å². The molecular weight excluding hydrogens is 330 g/mol. The van der Waals surface area contributed by atoms with Gasteiger partial charge in [0.05, 0.1) is 9.82 Å². The van der Waals surface area contributed by atoms with E-state index in [9.17, 15) is 18.5 Å². The van der Waals surface area contributed by atoms with Gasteiger partial charge in [-0.15, -0.1) is 12.4 Å². The molecule has 0 bridgehead atoms. The van der Waals surface area contributed by atoms with Crippen molar-refractivity contribution in [3.8, 4) is 0 Å². The fraction of sp³-hybridized carbons (Fsp3) is 0.538. The Morgan fingerprint density at radius 1 is 1.18 bits per heavy atom. The van der Waals surface area contributed by atoms with E-state index in [4.69, 9.17) is 5.73 Å². The number of nitro benzene ring substituents is 1. The van der Waals surface area contributed by atoms with Crippen LogP contribution in [-0.4, -0.2) is 25.4 Å². The molecule has 1 aromatic carbocycles. The van der Waals surface area contributed by atoms with Crippen LogP contribution < -0.4 is 10.5 Å². The molecule has 0 aromatic heterocycles. The molecule has 1 saturated carbocycles. The Bertz CT molecular complexity index is 613. The monoisotopic (exact) mass is 349 g/mol. The summed E-state index contributed by atoms with van der Waals surface area (Å²) in [5.74, 6) is 0. The summed E-state index contributed by atoms with van der Waals surface area (Å²) in [4.78, 5) is 10.00. The third-order valence-electron chi connectivity index (χ3n) is 3.82. The number of nitro groups is 1. The molecule has 3 N–H and O–H groups in total. The number of non-ortho nitro benzene ring substituents is 1. The molecule has 124 valence electrons. The highest BCUT2D eigenvalue weighted by Gasteiger charge is 2.29. The molecule has 1 aromatic rings. The molecule has 0 atom stereocenters. The summed E-state index contributed by atoms with van der Waals surface area (Å²) in [6.45, 7) is 0.187. The predicted molar refractivity (Wildman–Crippen MR) is 85.5 cm³/mol. The van der Waals surface area contributed by atoms with Crippen LogP contribution >= 0.6 is 12.4 Å². The molecule has 0 saturated heterocycles. The number of rotatable bonds is 5.